The smallest absolute Gasteiger partial charge is 0.252 e. The summed E-state index contributed by atoms with van der Waals surface area (Å²) < 4.78 is 45.7. The second-order valence-electron chi connectivity index (χ2n) is 8.91. The number of fused-ring (bicyclic) bond motifs is 2. The third-order valence-corrected chi connectivity index (χ3v) is 8.11. The third-order valence-electron chi connectivity index (χ3n) is 6.30. The van der Waals surface area contributed by atoms with Gasteiger partial charge in [0.2, 0.25) is 10.0 Å². The molecule has 180 valence electrons. The van der Waals surface area contributed by atoms with Crippen LogP contribution in [0.25, 0.3) is 10.9 Å². The fourth-order valence-corrected chi connectivity index (χ4v) is 6.10. The zero-order valence-corrected chi connectivity index (χ0v) is 20.1. The molecular formula is C25H28N2O6S. The summed E-state index contributed by atoms with van der Waals surface area (Å²) in [6.07, 6.45) is 1.45. The molecule has 0 radical (unpaired) electrons. The first-order valence-electron chi connectivity index (χ1n) is 11.5. The van der Waals surface area contributed by atoms with Gasteiger partial charge < -0.3 is 19.2 Å². The van der Waals surface area contributed by atoms with Crippen LogP contribution in [0.4, 0.5) is 0 Å². The molecule has 0 bridgehead atoms. The van der Waals surface area contributed by atoms with Crippen LogP contribution in [-0.2, 0) is 21.3 Å². The number of H-pyrrole nitrogens is 1. The van der Waals surface area contributed by atoms with Gasteiger partial charge in [-0.05, 0) is 61.9 Å². The van der Waals surface area contributed by atoms with E-state index in [9.17, 15) is 13.2 Å². The van der Waals surface area contributed by atoms with Crippen LogP contribution in [0.3, 0.4) is 0 Å². The van der Waals surface area contributed by atoms with Crippen molar-refractivity contribution in [2.75, 3.05) is 26.4 Å². The van der Waals surface area contributed by atoms with Crippen molar-refractivity contribution in [3.63, 3.8) is 0 Å². The van der Waals surface area contributed by atoms with Crippen LogP contribution < -0.4 is 15.0 Å². The summed E-state index contributed by atoms with van der Waals surface area (Å²) in [5.41, 5.74) is 2.90. The van der Waals surface area contributed by atoms with Crippen molar-refractivity contribution in [1.29, 1.82) is 0 Å². The lowest BCUT2D eigenvalue weighted by Crippen LogP contribution is -2.38. The SMILES string of the molecule is Cc1cc(C)c2[nH]c(=O)c(CN(C[C@H]3CCCO3)S(=O)(=O)c3ccc4c(c3)OCCO4)cc2c1. The maximum absolute atomic E-state index is 13.8. The van der Waals surface area contributed by atoms with Gasteiger partial charge in [0.05, 0.1) is 16.5 Å². The fourth-order valence-electron chi connectivity index (χ4n) is 4.64. The Morgan fingerprint density at radius 3 is 2.59 bits per heavy atom. The Morgan fingerprint density at radius 2 is 1.82 bits per heavy atom. The standard InChI is InChI=1S/C25H28N2O6S/c1-16-10-17(2)24-18(11-16)12-19(25(28)26-24)14-27(15-20-4-3-7-31-20)34(29,30)21-5-6-22-23(13-21)33-9-8-32-22/h5-6,10-13,20H,3-4,7-9,14-15H2,1-2H3,(H,26,28)/t20-/m1/s1. The highest BCUT2D eigenvalue weighted by Crippen LogP contribution is 2.34. The molecule has 1 atom stereocenters. The second-order valence-corrected chi connectivity index (χ2v) is 10.8. The van der Waals surface area contributed by atoms with Crippen LogP contribution in [0.1, 0.15) is 29.5 Å². The van der Waals surface area contributed by atoms with E-state index in [0.29, 0.717) is 36.9 Å². The molecule has 0 unspecified atom stereocenters. The van der Waals surface area contributed by atoms with E-state index in [2.05, 4.69) is 4.98 Å². The average Bonchev–Trinajstić information content (AvgIpc) is 3.32. The minimum Gasteiger partial charge on any atom is -0.486 e. The normalized spacial score (nSPS) is 18.0. The number of hydrogen-bond acceptors (Lipinski definition) is 6. The summed E-state index contributed by atoms with van der Waals surface area (Å²) in [5.74, 6) is 0.923. The Balaban J connectivity index is 1.54. The number of nitrogens with zero attached hydrogens (tertiary/aromatic N) is 1. The first-order chi connectivity index (χ1) is 16.3. The molecule has 0 amide bonds. The highest BCUT2D eigenvalue weighted by atomic mass is 32.2. The summed E-state index contributed by atoms with van der Waals surface area (Å²) in [4.78, 5) is 16.0. The van der Waals surface area contributed by atoms with Gasteiger partial charge in [-0.15, -0.1) is 0 Å². The van der Waals surface area contributed by atoms with Crippen molar-refractivity contribution in [1.82, 2.24) is 9.29 Å². The van der Waals surface area contributed by atoms with Crippen molar-refractivity contribution in [3.05, 3.63) is 63.4 Å². The van der Waals surface area contributed by atoms with Gasteiger partial charge in [-0.25, -0.2) is 8.42 Å². The summed E-state index contributed by atoms with van der Waals surface area (Å²) in [7, 11) is -3.94. The van der Waals surface area contributed by atoms with Gasteiger partial charge in [0.25, 0.3) is 5.56 Å². The monoisotopic (exact) mass is 484 g/mol. The minimum absolute atomic E-state index is 0.0606. The molecule has 3 aromatic rings. The largest absolute Gasteiger partial charge is 0.486 e. The molecule has 1 fully saturated rings. The number of ether oxygens (including phenoxy) is 3. The van der Waals surface area contributed by atoms with Crippen molar-refractivity contribution in [2.24, 2.45) is 0 Å². The highest BCUT2D eigenvalue weighted by molar-refractivity contribution is 7.89. The molecule has 0 spiro atoms. The van der Waals surface area contributed by atoms with Crippen molar-refractivity contribution in [2.45, 2.75) is 44.2 Å². The molecular weight excluding hydrogens is 456 g/mol. The van der Waals surface area contributed by atoms with E-state index in [0.717, 1.165) is 34.9 Å². The van der Waals surface area contributed by atoms with Gasteiger partial charge in [-0.2, -0.15) is 4.31 Å². The quantitative estimate of drug-likeness (QED) is 0.577. The Labute approximate surface area is 198 Å². The number of nitrogens with one attached hydrogen (secondary N) is 1. The molecule has 8 nitrogen and oxygen atoms in total. The molecule has 1 N–H and O–H groups in total. The Hall–Kier alpha value is -2.88. The molecule has 0 aliphatic carbocycles. The van der Waals surface area contributed by atoms with Crippen LogP contribution in [0, 0.1) is 13.8 Å². The van der Waals surface area contributed by atoms with Crippen LogP contribution in [0.2, 0.25) is 0 Å². The van der Waals surface area contributed by atoms with Gasteiger partial charge in [-0.1, -0.05) is 11.6 Å². The van der Waals surface area contributed by atoms with E-state index in [4.69, 9.17) is 14.2 Å². The number of aromatic nitrogens is 1. The lowest BCUT2D eigenvalue weighted by atomic mass is 10.1. The van der Waals surface area contributed by atoms with Gasteiger partial charge in [0.15, 0.2) is 11.5 Å². The first kappa shape index (κ1) is 22.9. The van der Waals surface area contributed by atoms with Gasteiger partial charge in [0.1, 0.15) is 13.2 Å². The Morgan fingerprint density at radius 1 is 1.03 bits per heavy atom. The zero-order chi connectivity index (χ0) is 23.9. The average molecular weight is 485 g/mol. The summed E-state index contributed by atoms with van der Waals surface area (Å²) >= 11 is 0. The molecule has 1 saturated heterocycles. The number of rotatable bonds is 6. The zero-order valence-electron chi connectivity index (χ0n) is 19.3. The molecule has 1 aromatic heterocycles. The van der Waals surface area contributed by atoms with E-state index >= 15 is 0 Å². The number of aryl methyl sites for hydroxylation is 2. The number of benzene rings is 2. The van der Waals surface area contributed by atoms with Crippen molar-refractivity contribution < 1.29 is 22.6 Å². The van der Waals surface area contributed by atoms with Crippen molar-refractivity contribution >= 4 is 20.9 Å². The maximum atomic E-state index is 13.8. The maximum Gasteiger partial charge on any atom is 0.252 e. The number of sulfonamides is 1. The van der Waals surface area contributed by atoms with E-state index in [1.54, 1.807) is 12.1 Å². The predicted octanol–water partition coefficient (Wildman–Crippen LogP) is 3.29. The summed E-state index contributed by atoms with van der Waals surface area (Å²) in [6, 6.07) is 10.4. The third kappa shape index (κ3) is 4.43. The van der Waals surface area contributed by atoms with Crippen LogP contribution in [0.15, 0.2) is 46.1 Å². The second kappa shape index (κ2) is 9.05. The number of hydrogen-bond donors (Lipinski definition) is 1. The highest BCUT2D eigenvalue weighted by Gasteiger charge is 2.31. The lowest BCUT2D eigenvalue weighted by molar-refractivity contribution is 0.0925. The van der Waals surface area contributed by atoms with Gasteiger partial charge in [0, 0.05) is 31.3 Å². The summed E-state index contributed by atoms with van der Waals surface area (Å²) in [6.45, 7) is 5.44. The van der Waals surface area contributed by atoms with Crippen LogP contribution in [0.5, 0.6) is 11.5 Å². The van der Waals surface area contributed by atoms with Gasteiger partial charge in [-0.3, -0.25) is 4.79 Å². The van der Waals surface area contributed by atoms with E-state index in [-0.39, 0.29) is 29.6 Å². The molecule has 0 saturated carbocycles. The van der Waals surface area contributed by atoms with E-state index < -0.39 is 10.0 Å². The Kier molecular flexibility index (Phi) is 6.09. The molecule has 5 rings (SSSR count). The first-order valence-corrected chi connectivity index (χ1v) is 12.9. The number of aromatic amines is 1. The Bertz CT molecular complexity index is 1390. The molecule has 2 aliphatic heterocycles. The molecule has 34 heavy (non-hydrogen) atoms. The van der Waals surface area contributed by atoms with Crippen molar-refractivity contribution in [3.8, 4) is 11.5 Å². The van der Waals surface area contributed by atoms with Crippen LogP contribution >= 0.6 is 0 Å². The minimum atomic E-state index is -3.94. The topological polar surface area (TPSA) is 97.9 Å². The summed E-state index contributed by atoms with van der Waals surface area (Å²) in [5, 5.41) is 0.876. The predicted molar refractivity (Wildman–Crippen MR) is 128 cm³/mol. The molecule has 3 heterocycles. The van der Waals surface area contributed by atoms with E-state index in [1.165, 1.54) is 16.4 Å². The van der Waals surface area contributed by atoms with Gasteiger partial charge >= 0.3 is 0 Å². The number of pyridine rings is 1. The molecule has 9 heteroatoms. The molecule has 2 aromatic carbocycles. The molecule has 2 aliphatic rings. The lowest BCUT2D eigenvalue weighted by Gasteiger charge is -2.26. The fraction of sp³-hybridized carbons (Fsp3) is 0.400. The van der Waals surface area contributed by atoms with Crippen LogP contribution in [-0.4, -0.2) is 50.2 Å². The van der Waals surface area contributed by atoms with E-state index in [1.807, 2.05) is 26.0 Å².